The third-order valence-corrected chi connectivity index (χ3v) is 1.65. The molecule has 0 radical (unpaired) electrons. The van der Waals surface area contributed by atoms with E-state index in [1.165, 1.54) is 6.21 Å². The van der Waals surface area contributed by atoms with Gasteiger partial charge in [-0.15, -0.1) is 11.6 Å². The van der Waals surface area contributed by atoms with E-state index in [-0.39, 0.29) is 0 Å². The molecule has 0 aliphatic heterocycles. The van der Waals surface area contributed by atoms with Crippen LogP contribution in [-0.4, -0.2) is 22.7 Å². The molecule has 0 spiro atoms. The van der Waals surface area contributed by atoms with E-state index in [4.69, 9.17) is 16.7 Å². The largest absolute Gasteiger partial charge is 0.480 e. The van der Waals surface area contributed by atoms with E-state index in [1.54, 1.807) is 12.1 Å². The van der Waals surface area contributed by atoms with Gasteiger partial charge in [-0.25, -0.2) is 0 Å². The second-order valence-electron chi connectivity index (χ2n) is 2.35. The van der Waals surface area contributed by atoms with Gasteiger partial charge in [-0.3, -0.25) is 9.79 Å². The van der Waals surface area contributed by atoms with E-state index in [0.717, 1.165) is 0 Å². The van der Waals surface area contributed by atoms with Crippen LogP contribution in [0.2, 0.25) is 0 Å². The zero-order chi connectivity index (χ0) is 9.68. The van der Waals surface area contributed by atoms with Gasteiger partial charge >= 0.3 is 5.97 Å². The van der Waals surface area contributed by atoms with Crippen molar-refractivity contribution in [1.82, 2.24) is 0 Å². The summed E-state index contributed by atoms with van der Waals surface area (Å²) in [6, 6.07) is 9.02. The minimum Gasteiger partial charge on any atom is -0.480 e. The highest BCUT2D eigenvalue weighted by molar-refractivity contribution is 6.38. The molecule has 0 bridgehead atoms. The van der Waals surface area contributed by atoms with E-state index < -0.39 is 11.3 Å². The molecule has 1 aromatic carbocycles. The normalized spacial score (nSPS) is 13.0. The van der Waals surface area contributed by atoms with Gasteiger partial charge in [0.05, 0.1) is 5.69 Å². The summed E-state index contributed by atoms with van der Waals surface area (Å²) >= 11 is 5.42. The van der Waals surface area contributed by atoms with Crippen LogP contribution in [-0.2, 0) is 4.79 Å². The summed E-state index contributed by atoms with van der Waals surface area (Å²) in [6.07, 6.45) is 1.19. The second-order valence-corrected chi connectivity index (χ2v) is 2.82. The zero-order valence-electron chi connectivity index (χ0n) is 6.72. The molecule has 13 heavy (non-hydrogen) atoms. The van der Waals surface area contributed by atoms with E-state index in [0.29, 0.717) is 5.69 Å². The number of aliphatic carboxylic acids is 1. The number of benzene rings is 1. The summed E-state index contributed by atoms with van der Waals surface area (Å²) < 4.78 is 0. The predicted molar refractivity (Wildman–Crippen MR) is 51.9 cm³/mol. The van der Waals surface area contributed by atoms with Crippen molar-refractivity contribution in [3.8, 4) is 0 Å². The summed E-state index contributed by atoms with van der Waals surface area (Å²) in [5.74, 6) is -1.10. The van der Waals surface area contributed by atoms with Gasteiger partial charge in [-0.1, -0.05) is 18.2 Å². The first-order valence-corrected chi connectivity index (χ1v) is 4.10. The van der Waals surface area contributed by atoms with Gasteiger partial charge in [0.1, 0.15) is 0 Å². The number of rotatable bonds is 3. The molecule has 0 aromatic heterocycles. The van der Waals surface area contributed by atoms with Crippen LogP contribution in [0.5, 0.6) is 0 Å². The van der Waals surface area contributed by atoms with Gasteiger partial charge in [-0.05, 0) is 12.1 Å². The predicted octanol–water partition coefficient (Wildman–Crippen LogP) is 2.08. The van der Waals surface area contributed by atoms with Crippen molar-refractivity contribution >= 4 is 29.5 Å². The molecule has 0 saturated heterocycles. The Bertz CT molecular complexity index is 311. The summed E-state index contributed by atoms with van der Waals surface area (Å²) in [6.45, 7) is 0. The smallest absolute Gasteiger partial charge is 0.327 e. The molecular formula is C9H8ClNO2. The van der Waals surface area contributed by atoms with E-state index in [9.17, 15) is 4.79 Å². The fourth-order valence-corrected chi connectivity index (χ4v) is 0.786. The average Bonchev–Trinajstić information content (AvgIpc) is 2.15. The van der Waals surface area contributed by atoms with E-state index >= 15 is 0 Å². The maximum absolute atomic E-state index is 10.3. The number of alkyl halides is 1. The average molecular weight is 198 g/mol. The van der Waals surface area contributed by atoms with Crippen molar-refractivity contribution in [2.45, 2.75) is 5.38 Å². The van der Waals surface area contributed by atoms with Crippen LogP contribution in [0.4, 0.5) is 5.69 Å². The SMILES string of the molecule is O=C(O)C(Cl)C=Nc1ccccc1. The zero-order valence-corrected chi connectivity index (χ0v) is 7.48. The number of carbonyl (C=O) groups is 1. The highest BCUT2D eigenvalue weighted by Crippen LogP contribution is 2.09. The van der Waals surface area contributed by atoms with Crippen molar-refractivity contribution in [3.05, 3.63) is 30.3 Å². The van der Waals surface area contributed by atoms with Crippen molar-refractivity contribution < 1.29 is 9.90 Å². The molecule has 0 amide bonds. The minimum absolute atomic E-state index is 0.689. The third kappa shape index (κ3) is 3.25. The molecule has 0 aliphatic rings. The van der Waals surface area contributed by atoms with Gasteiger partial charge in [0.25, 0.3) is 0 Å². The number of aliphatic imine (C=N–C) groups is 1. The lowest BCUT2D eigenvalue weighted by atomic mass is 10.3. The molecule has 1 rings (SSSR count). The van der Waals surface area contributed by atoms with E-state index in [2.05, 4.69) is 4.99 Å². The van der Waals surface area contributed by atoms with Crippen molar-refractivity contribution in [2.24, 2.45) is 4.99 Å². The molecule has 4 heteroatoms. The Morgan fingerprint density at radius 1 is 1.46 bits per heavy atom. The van der Waals surface area contributed by atoms with Crippen LogP contribution in [0.25, 0.3) is 0 Å². The van der Waals surface area contributed by atoms with Crippen LogP contribution >= 0.6 is 11.6 Å². The van der Waals surface area contributed by atoms with Crippen molar-refractivity contribution in [3.63, 3.8) is 0 Å². The van der Waals surface area contributed by atoms with Crippen LogP contribution in [0.1, 0.15) is 0 Å². The molecule has 1 aromatic rings. The highest BCUT2D eigenvalue weighted by Gasteiger charge is 2.08. The molecule has 1 N–H and O–H groups in total. The Morgan fingerprint density at radius 3 is 2.62 bits per heavy atom. The summed E-state index contributed by atoms with van der Waals surface area (Å²) in [4.78, 5) is 14.2. The first-order valence-electron chi connectivity index (χ1n) is 3.66. The van der Waals surface area contributed by atoms with Crippen LogP contribution < -0.4 is 0 Å². The standard InChI is InChI=1S/C9H8ClNO2/c10-8(9(12)13)6-11-7-4-2-1-3-5-7/h1-6,8H,(H,12,13). The number of carboxylic acids is 1. The summed E-state index contributed by atoms with van der Waals surface area (Å²) in [5, 5.41) is 7.37. The number of carboxylic acid groups (broad SMARTS) is 1. The molecular weight excluding hydrogens is 190 g/mol. The lowest BCUT2D eigenvalue weighted by Crippen LogP contribution is -2.13. The van der Waals surface area contributed by atoms with Crippen LogP contribution in [0.15, 0.2) is 35.3 Å². The lowest BCUT2D eigenvalue weighted by molar-refractivity contribution is -0.135. The van der Waals surface area contributed by atoms with Gasteiger partial charge in [0.2, 0.25) is 0 Å². The maximum atomic E-state index is 10.3. The first-order chi connectivity index (χ1) is 6.20. The van der Waals surface area contributed by atoms with Crippen LogP contribution in [0.3, 0.4) is 0 Å². The van der Waals surface area contributed by atoms with Crippen molar-refractivity contribution in [1.29, 1.82) is 0 Å². The third-order valence-electron chi connectivity index (χ3n) is 1.35. The number of halogens is 1. The first kappa shape index (κ1) is 9.74. The van der Waals surface area contributed by atoms with Gasteiger partial charge in [0, 0.05) is 6.21 Å². The van der Waals surface area contributed by atoms with Gasteiger partial charge in [-0.2, -0.15) is 0 Å². The molecule has 0 saturated carbocycles. The Kier molecular flexibility index (Phi) is 3.46. The number of hydrogen-bond acceptors (Lipinski definition) is 2. The van der Waals surface area contributed by atoms with Crippen LogP contribution in [0, 0.1) is 0 Å². The number of para-hydroxylation sites is 1. The number of hydrogen-bond donors (Lipinski definition) is 1. The van der Waals surface area contributed by atoms with E-state index in [1.807, 2.05) is 18.2 Å². The number of nitrogens with zero attached hydrogens (tertiary/aromatic N) is 1. The Morgan fingerprint density at radius 2 is 2.08 bits per heavy atom. The monoisotopic (exact) mass is 197 g/mol. The lowest BCUT2D eigenvalue weighted by Gasteiger charge is -1.94. The molecule has 0 aliphatic carbocycles. The molecule has 1 atom stereocenters. The fraction of sp³-hybridized carbons (Fsp3) is 0.111. The summed E-state index contributed by atoms with van der Waals surface area (Å²) in [5.41, 5.74) is 0.689. The second kappa shape index (κ2) is 4.62. The fourth-order valence-electron chi connectivity index (χ4n) is 0.729. The molecule has 68 valence electrons. The molecule has 0 fully saturated rings. The Labute approximate surface area is 80.7 Å². The Hall–Kier alpha value is -1.35. The Balaban J connectivity index is 2.64. The topological polar surface area (TPSA) is 49.7 Å². The van der Waals surface area contributed by atoms with Crippen molar-refractivity contribution in [2.75, 3.05) is 0 Å². The molecule has 0 heterocycles. The molecule has 1 unspecified atom stereocenters. The maximum Gasteiger partial charge on any atom is 0.327 e. The molecule has 3 nitrogen and oxygen atoms in total. The van der Waals surface area contributed by atoms with Gasteiger partial charge in [0.15, 0.2) is 5.38 Å². The highest BCUT2D eigenvalue weighted by atomic mass is 35.5. The van der Waals surface area contributed by atoms with Gasteiger partial charge < -0.3 is 5.11 Å². The minimum atomic E-state index is -1.10. The summed E-state index contributed by atoms with van der Waals surface area (Å²) in [7, 11) is 0. The quantitative estimate of drug-likeness (QED) is 0.596.